The molecule has 0 amide bonds. The number of H-pyrrole nitrogens is 1. The molecule has 0 saturated carbocycles. The van der Waals surface area contributed by atoms with Gasteiger partial charge in [-0.05, 0) is 0 Å². The van der Waals surface area contributed by atoms with Crippen molar-refractivity contribution in [2.45, 2.75) is 0 Å². The first-order valence-corrected chi connectivity index (χ1v) is 2.73. The summed E-state index contributed by atoms with van der Waals surface area (Å²) in [6.07, 6.45) is 1.08. The second-order valence-corrected chi connectivity index (χ2v) is 1.84. The minimum atomic E-state index is -1.49. The fraction of sp³-hybridized carbons (Fsp3) is 0. The third-order valence-corrected chi connectivity index (χ3v) is 1.11. The number of carbonyl (C=O) groups is 1. The summed E-state index contributed by atoms with van der Waals surface area (Å²) in [4.78, 5) is 22.8. The Kier molecular flexibility index (Phi) is 1.72. The zero-order chi connectivity index (χ0) is 8.43. The van der Waals surface area contributed by atoms with Crippen LogP contribution in [-0.2, 0) is 0 Å². The molecule has 0 saturated heterocycles. The number of pyridine rings is 1. The van der Waals surface area contributed by atoms with Gasteiger partial charge >= 0.3 is 5.97 Å². The largest absolute Gasteiger partial charge is 0.476 e. The minimum Gasteiger partial charge on any atom is -0.476 e. The van der Waals surface area contributed by atoms with E-state index in [0.29, 0.717) is 0 Å². The number of halogens is 1. The van der Waals surface area contributed by atoms with Crippen LogP contribution >= 0.6 is 0 Å². The van der Waals surface area contributed by atoms with Gasteiger partial charge in [0.05, 0.1) is 0 Å². The lowest BCUT2D eigenvalue weighted by Gasteiger charge is -1.93. The molecule has 2 N–H and O–H groups in total. The summed E-state index contributed by atoms with van der Waals surface area (Å²) in [5.41, 5.74) is -1.64. The van der Waals surface area contributed by atoms with Crippen molar-refractivity contribution in [1.82, 2.24) is 4.98 Å². The molecule has 0 atom stereocenters. The average Bonchev–Trinajstić information content (AvgIpc) is 1.94. The molecule has 1 aromatic heterocycles. The Labute approximate surface area is 60.3 Å². The van der Waals surface area contributed by atoms with Crippen LogP contribution in [0.2, 0.25) is 0 Å². The van der Waals surface area contributed by atoms with Crippen molar-refractivity contribution in [3.63, 3.8) is 0 Å². The molecule has 0 aliphatic heterocycles. The van der Waals surface area contributed by atoms with Crippen molar-refractivity contribution in [3.8, 4) is 0 Å². The third kappa shape index (κ3) is 1.26. The first-order valence-electron chi connectivity index (χ1n) is 2.73. The monoisotopic (exact) mass is 157 g/mol. The van der Waals surface area contributed by atoms with Crippen molar-refractivity contribution in [3.05, 3.63) is 34.0 Å². The summed E-state index contributed by atoms with van der Waals surface area (Å²) in [5.74, 6) is -2.75. The smallest absolute Gasteiger partial charge is 0.355 e. The van der Waals surface area contributed by atoms with E-state index >= 15 is 0 Å². The summed E-state index contributed by atoms with van der Waals surface area (Å²) >= 11 is 0. The van der Waals surface area contributed by atoms with Gasteiger partial charge in [0.25, 0.3) is 0 Å². The molecule has 11 heavy (non-hydrogen) atoms. The Balaban J connectivity index is 3.39. The molecule has 1 rings (SSSR count). The predicted octanol–water partition coefficient (Wildman–Crippen LogP) is 0.212. The summed E-state index contributed by atoms with van der Waals surface area (Å²) in [6.45, 7) is 0. The first-order chi connectivity index (χ1) is 5.13. The maximum Gasteiger partial charge on any atom is 0.355 e. The molecule has 0 aliphatic rings. The van der Waals surface area contributed by atoms with Gasteiger partial charge < -0.3 is 10.1 Å². The van der Waals surface area contributed by atoms with Crippen molar-refractivity contribution in [1.29, 1.82) is 0 Å². The Bertz CT molecular complexity index is 344. The second kappa shape index (κ2) is 2.53. The Hall–Kier alpha value is -1.65. The molecule has 0 fully saturated rings. The van der Waals surface area contributed by atoms with E-state index in [1.807, 2.05) is 0 Å². The first kappa shape index (κ1) is 7.46. The molecular formula is C6H4FNO3. The van der Waals surface area contributed by atoms with E-state index in [-0.39, 0.29) is 0 Å². The van der Waals surface area contributed by atoms with Crippen LogP contribution in [0.1, 0.15) is 10.5 Å². The van der Waals surface area contributed by atoms with Gasteiger partial charge in [0.15, 0.2) is 5.69 Å². The maximum atomic E-state index is 12.5. The highest BCUT2D eigenvalue weighted by Crippen LogP contribution is 1.95. The van der Waals surface area contributed by atoms with Crippen molar-refractivity contribution in [2.75, 3.05) is 0 Å². The van der Waals surface area contributed by atoms with Crippen LogP contribution in [-0.4, -0.2) is 16.1 Å². The molecule has 4 nitrogen and oxygen atoms in total. The summed E-state index contributed by atoms with van der Waals surface area (Å²) in [6, 6.07) is 0.918. The summed E-state index contributed by atoms with van der Waals surface area (Å²) in [7, 11) is 0. The number of rotatable bonds is 1. The number of nitrogens with one attached hydrogen (secondary N) is 1. The number of aromatic carboxylic acids is 1. The molecular weight excluding hydrogens is 153 g/mol. The summed E-state index contributed by atoms with van der Waals surface area (Å²) < 4.78 is 12.5. The van der Waals surface area contributed by atoms with Crippen LogP contribution in [0.15, 0.2) is 17.1 Å². The molecule has 1 aromatic rings. The number of hydrogen-bond acceptors (Lipinski definition) is 2. The van der Waals surface area contributed by atoms with Crippen LogP contribution in [0.3, 0.4) is 0 Å². The highest BCUT2D eigenvalue weighted by molar-refractivity contribution is 5.85. The van der Waals surface area contributed by atoms with Crippen molar-refractivity contribution < 1.29 is 14.3 Å². The van der Waals surface area contributed by atoms with E-state index in [2.05, 4.69) is 4.98 Å². The van der Waals surface area contributed by atoms with Crippen LogP contribution in [0.5, 0.6) is 0 Å². The van der Waals surface area contributed by atoms with E-state index in [4.69, 9.17) is 5.11 Å². The van der Waals surface area contributed by atoms with Crippen molar-refractivity contribution >= 4 is 5.97 Å². The zero-order valence-electron chi connectivity index (χ0n) is 5.30. The molecule has 58 valence electrons. The number of carboxylic acids is 1. The van der Waals surface area contributed by atoms with E-state index in [1.165, 1.54) is 0 Å². The Morgan fingerprint density at radius 1 is 1.64 bits per heavy atom. The number of aromatic nitrogens is 1. The topological polar surface area (TPSA) is 70.2 Å². The van der Waals surface area contributed by atoms with Crippen molar-refractivity contribution in [2.24, 2.45) is 0 Å². The van der Waals surface area contributed by atoms with Crippen LogP contribution in [0.25, 0.3) is 0 Å². The lowest BCUT2D eigenvalue weighted by atomic mass is 10.3. The number of carboxylic acid groups (broad SMARTS) is 1. The quantitative estimate of drug-likeness (QED) is 0.612. The van der Waals surface area contributed by atoms with E-state index in [9.17, 15) is 14.0 Å². The highest BCUT2D eigenvalue weighted by Gasteiger charge is 2.11. The van der Waals surface area contributed by atoms with E-state index in [1.54, 1.807) is 0 Å². The molecule has 0 spiro atoms. The van der Waals surface area contributed by atoms with E-state index in [0.717, 1.165) is 12.3 Å². The lowest BCUT2D eigenvalue weighted by Crippen LogP contribution is -2.14. The average molecular weight is 157 g/mol. The lowest BCUT2D eigenvalue weighted by molar-refractivity contribution is 0.0684. The molecule has 1 heterocycles. The Morgan fingerprint density at radius 2 is 2.27 bits per heavy atom. The van der Waals surface area contributed by atoms with Crippen LogP contribution < -0.4 is 5.43 Å². The standard InChI is InChI=1S/C6H4FNO3/c7-4-3(9)1-2-8-5(4)6(10)11/h1-2H,(H,8,9)(H,10,11). The van der Waals surface area contributed by atoms with Crippen LogP contribution in [0.4, 0.5) is 4.39 Å². The second-order valence-electron chi connectivity index (χ2n) is 1.84. The maximum absolute atomic E-state index is 12.5. The normalized spacial score (nSPS) is 9.55. The highest BCUT2D eigenvalue weighted by atomic mass is 19.1. The molecule has 0 unspecified atom stereocenters. The Morgan fingerprint density at radius 3 is 2.73 bits per heavy atom. The number of hydrogen-bond donors (Lipinski definition) is 2. The molecule has 5 heteroatoms. The van der Waals surface area contributed by atoms with Gasteiger partial charge in [-0.2, -0.15) is 0 Å². The van der Waals surface area contributed by atoms with Gasteiger partial charge in [-0.1, -0.05) is 0 Å². The van der Waals surface area contributed by atoms with Crippen LogP contribution in [0, 0.1) is 5.82 Å². The zero-order valence-corrected chi connectivity index (χ0v) is 5.30. The fourth-order valence-corrected chi connectivity index (χ4v) is 0.616. The SMILES string of the molecule is O=C(O)c1[nH]ccc(=O)c1F. The molecule has 0 radical (unpaired) electrons. The molecule has 0 bridgehead atoms. The van der Waals surface area contributed by atoms with E-state index < -0.39 is 22.9 Å². The third-order valence-electron chi connectivity index (χ3n) is 1.11. The molecule has 0 aliphatic carbocycles. The minimum absolute atomic E-state index is 0.711. The van der Waals surface area contributed by atoms with Gasteiger partial charge in [-0.15, -0.1) is 0 Å². The van der Waals surface area contributed by atoms with Gasteiger partial charge in [-0.3, -0.25) is 4.79 Å². The van der Waals surface area contributed by atoms with Gasteiger partial charge in [0, 0.05) is 12.3 Å². The van der Waals surface area contributed by atoms with Gasteiger partial charge in [0.2, 0.25) is 11.2 Å². The summed E-state index contributed by atoms with van der Waals surface area (Å²) in [5, 5.41) is 8.28. The van der Waals surface area contributed by atoms with Gasteiger partial charge in [-0.25, -0.2) is 9.18 Å². The fourth-order valence-electron chi connectivity index (χ4n) is 0.616. The number of aromatic amines is 1. The predicted molar refractivity (Wildman–Crippen MR) is 34.0 cm³/mol. The van der Waals surface area contributed by atoms with Gasteiger partial charge in [0.1, 0.15) is 0 Å². The molecule has 0 aromatic carbocycles.